The van der Waals surface area contributed by atoms with Crippen LogP contribution in [0.1, 0.15) is 50.0 Å². The van der Waals surface area contributed by atoms with Gasteiger partial charge >= 0.3 is 5.97 Å². The third-order valence-electron chi connectivity index (χ3n) is 5.14. The molecule has 3 rings (SSSR count). The molecule has 1 saturated carbocycles. The molecule has 26 heavy (non-hydrogen) atoms. The van der Waals surface area contributed by atoms with E-state index < -0.39 is 0 Å². The van der Waals surface area contributed by atoms with Gasteiger partial charge in [-0.1, -0.05) is 13.8 Å². The first-order valence-electron chi connectivity index (χ1n) is 8.72. The zero-order valence-corrected chi connectivity index (χ0v) is 17.8. The lowest BCUT2D eigenvalue weighted by atomic mass is 9.63. The van der Waals surface area contributed by atoms with Crippen LogP contribution in [0.4, 0.5) is 0 Å². The van der Waals surface area contributed by atoms with Gasteiger partial charge in [-0.3, -0.25) is 9.79 Å². The molecule has 0 bridgehead atoms. The minimum Gasteiger partial charge on any atom is -0.466 e. The van der Waals surface area contributed by atoms with Crippen LogP contribution in [0, 0.1) is 18.3 Å². The van der Waals surface area contributed by atoms with E-state index in [1.165, 1.54) is 12.0 Å². The number of ketones is 1. The average molecular weight is 392 g/mol. The van der Waals surface area contributed by atoms with Crippen LogP contribution in [0.2, 0.25) is 0 Å². The Morgan fingerprint density at radius 3 is 2.62 bits per heavy atom. The number of aryl methyl sites for hydroxylation is 1. The van der Waals surface area contributed by atoms with Gasteiger partial charge in [0.1, 0.15) is 5.78 Å². The summed E-state index contributed by atoms with van der Waals surface area (Å²) in [5.41, 5.74) is 3.09. The van der Waals surface area contributed by atoms with Crippen molar-refractivity contribution in [3.63, 3.8) is 0 Å². The molecule has 0 aromatic carbocycles. The first-order valence-corrected chi connectivity index (χ1v) is 10.8. The van der Waals surface area contributed by atoms with Crippen molar-refractivity contribution in [2.75, 3.05) is 13.4 Å². The van der Waals surface area contributed by atoms with Gasteiger partial charge in [-0.15, -0.1) is 23.1 Å². The summed E-state index contributed by atoms with van der Waals surface area (Å²) in [5, 5.41) is 0. The molecule has 0 spiro atoms. The molecule has 6 heteroatoms. The number of allylic oxidation sites excluding steroid dienone is 1. The minimum atomic E-state index is -0.385. The van der Waals surface area contributed by atoms with Crippen molar-refractivity contribution in [1.29, 1.82) is 0 Å². The summed E-state index contributed by atoms with van der Waals surface area (Å²) in [4.78, 5) is 31.6. The molecular formula is C20H25NO3S2. The molecule has 2 aliphatic rings. The van der Waals surface area contributed by atoms with E-state index in [0.717, 1.165) is 21.9 Å². The summed E-state index contributed by atoms with van der Waals surface area (Å²) in [6, 6.07) is 2.12. The third-order valence-corrected chi connectivity index (χ3v) is 7.36. The van der Waals surface area contributed by atoms with Crippen LogP contribution in [0.3, 0.4) is 0 Å². The highest BCUT2D eigenvalue weighted by molar-refractivity contribution is 8.00. The molecular weight excluding hydrogens is 366 g/mol. The number of carbonyl (C=O) groups is 2. The summed E-state index contributed by atoms with van der Waals surface area (Å²) in [5.74, 6) is -0.870. The number of hydrogen-bond acceptors (Lipinski definition) is 6. The Hall–Kier alpha value is -1.40. The van der Waals surface area contributed by atoms with E-state index in [-0.39, 0.29) is 29.0 Å². The van der Waals surface area contributed by atoms with Crippen molar-refractivity contribution in [3.8, 4) is 0 Å². The monoisotopic (exact) mass is 391 g/mol. The van der Waals surface area contributed by atoms with Crippen LogP contribution < -0.4 is 0 Å². The van der Waals surface area contributed by atoms with Gasteiger partial charge in [0.05, 0.1) is 22.8 Å². The van der Waals surface area contributed by atoms with E-state index in [9.17, 15) is 9.59 Å². The molecule has 0 radical (unpaired) electrons. The zero-order valence-electron chi connectivity index (χ0n) is 16.1. The molecule has 1 aromatic heterocycles. The quantitative estimate of drug-likeness (QED) is 0.550. The number of nitrogens with zero attached hydrogens (tertiary/aromatic N) is 1. The number of rotatable bonds is 3. The second kappa shape index (κ2) is 6.97. The first kappa shape index (κ1) is 19.4. The van der Waals surface area contributed by atoms with Gasteiger partial charge in [-0.2, -0.15) is 0 Å². The lowest BCUT2D eigenvalue weighted by molar-refractivity contribution is -0.136. The van der Waals surface area contributed by atoms with Crippen molar-refractivity contribution in [2.45, 2.75) is 50.7 Å². The number of methoxy groups -OCH3 is 1. The smallest absolute Gasteiger partial charge is 0.336 e. The van der Waals surface area contributed by atoms with E-state index in [0.29, 0.717) is 17.7 Å². The van der Waals surface area contributed by atoms with Gasteiger partial charge in [0.15, 0.2) is 0 Å². The van der Waals surface area contributed by atoms with E-state index in [4.69, 9.17) is 9.73 Å². The number of esters is 1. The fourth-order valence-corrected chi connectivity index (χ4v) is 6.12. The first-order chi connectivity index (χ1) is 12.2. The number of hydrogen-bond donors (Lipinski definition) is 0. The molecule has 0 N–H and O–H groups in total. The van der Waals surface area contributed by atoms with Crippen molar-refractivity contribution in [3.05, 3.63) is 27.8 Å². The Labute approximate surface area is 163 Å². The third kappa shape index (κ3) is 3.29. The number of thiophene rings is 1. The molecule has 140 valence electrons. The maximum atomic E-state index is 13.1. The fourth-order valence-electron chi connectivity index (χ4n) is 4.19. The number of carbonyl (C=O) groups excluding carboxylic acids is 2. The summed E-state index contributed by atoms with van der Waals surface area (Å²) in [6.45, 7) is 8.13. The normalized spacial score (nSPS) is 25.0. The average Bonchev–Trinajstić information content (AvgIpc) is 2.92. The standard InChI is InChI=1S/C20H25NO3S2/c1-10-7-12(19(25-6)26-10)16-15(18(23)24-5)11(2)21-13-8-20(3,4)9-14(22)17(13)16/h7,16-17H,8-9H2,1-6H3/t16-,17?/m1/s1. The van der Waals surface area contributed by atoms with E-state index >= 15 is 0 Å². The second-order valence-corrected chi connectivity index (χ2v) is 10.2. The minimum absolute atomic E-state index is 0.0904. The van der Waals surface area contributed by atoms with Crippen molar-refractivity contribution < 1.29 is 14.3 Å². The van der Waals surface area contributed by atoms with Crippen molar-refractivity contribution in [1.82, 2.24) is 0 Å². The van der Waals surface area contributed by atoms with Crippen LogP contribution >= 0.6 is 23.1 Å². The molecule has 2 heterocycles. The van der Waals surface area contributed by atoms with Crippen LogP contribution in [-0.2, 0) is 14.3 Å². The summed E-state index contributed by atoms with van der Waals surface area (Å²) < 4.78 is 6.22. The highest BCUT2D eigenvalue weighted by Gasteiger charge is 2.48. The Bertz CT molecular complexity index is 832. The lowest BCUT2D eigenvalue weighted by Gasteiger charge is -2.41. The highest BCUT2D eigenvalue weighted by Crippen LogP contribution is 2.50. The van der Waals surface area contributed by atoms with E-state index in [1.807, 2.05) is 13.2 Å². The lowest BCUT2D eigenvalue weighted by Crippen LogP contribution is -2.44. The topological polar surface area (TPSA) is 55.7 Å². The molecule has 2 atom stereocenters. The van der Waals surface area contributed by atoms with E-state index in [2.05, 4.69) is 26.8 Å². The molecule has 0 amide bonds. The maximum absolute atomic E-state index is 13.1. The van der Waals surface area contributed by atoms with Gasteiger partial charge in [0.2, 0.25) is 0 Å². The van der Waals surface area contributed by atoms with Gasteiger partial charge in [0.25, 0.3) is 0 Å². The fraction of sp³-hybridized carbons (Fsp3) is 0.550. The van der Waals surface area contributed by atoms with Crippen molar-refractivity contribution in [2.24, 2.45) is 16.3 Å². The van der Waals surface area contributed by atoms with Gasteiger partial charge in [0, 0.05) is 28.6 Å². The van der Waals surface area contributed by atoms with Gasteiger partial charge in [-0.05, 0) is 43.6 Å². The molecule has 1 aromatic rings. The molecule has 1 aliphatic carbocycles. The number of thioether (sulfide) groups is 1. The van der Waals surface area contributed by atoms with Gasteiger partial charge < -0.3 is 4.74 Å². The molecule has 0 saturated heterocycles. The molecule has 1 unspecified atom stereocenters. The summed E-state index contributed by atoms with van der Waals surface area (Å²) in [6.07, 6.45) is 3.33. The van der Waals surface area contributed by atoms with Crippen LogP contribution in [-0.4, -0.2) is 30.8 Å². The van der Waals surface area contributed by atoms with Crippen LogP contribution in [0.5, 0.6) is 0 Å². The number of fused-ring (bicyclic) bond motifs is 1. The van der Waals surface area contributed by atoms with Crippen LogP contribution in [0.25, 0.3) is 0 Å². The molecule has 1 aliphatic heterocycles. The highest BCUT2D eigenvalue weighted by atomic mass is 32.2. The predicted molar refractivity (Wildman–Crippen MR) is 107 cm³/mol. The van der Waals surface area contributed by atoms with Gasteiger partial charge in [-0.25, -0.2) is 4.79 Å². The van der Waals surface area contributed by atoms with E-state index in [1.54, 1.807) is 23.1 Å². The summed E-state index contributed by atoms with van der Waals surface area (Å²) >= 11 is 3.37. The van der Waals surface area contributed by atoms with Crippen molar-refractivity contribution >= 4 is 40.6 Å². The Kier molecular flexibility index (Phi) is 5.19. The number of Topliss-reactive ketones (excluding diaryl/α,β-unsaturated/α-hetero) is 1. The SMILES string of the molecule is COC(=O)C1=C(C)N=C2CC(C)(C)CC(=O)C2[C@@H]1c1cc(C)sc1SC. The molecule has 4 nitrogen and oxygen atoms in total. The molecule has 1 fully saturated rings. The Morgan fingerprint density at radius 2 is 2.00 bits per heavy atom. The summed E-state index contributed by atoms with van der Waals surface area (Å²) in [7, 11) is 1.39. The Balaban J connectivity index is 2.22. The number of ether oxygens (including phenoxy) is 1. The van der Waals surface area contributed by atoms with Crippen LogP contribution in [0.15, 0.2) is 26.5 Å². The number of aliphatic imine (C=N–C) groups is 1. The zero-order chi connectivity index (χ0) is 19.2. The maximum Gasteiger partial charge on any atom is 0.336 e. The predicted octanol–water partition coefficient (Wildman–Crippen LogP) is 4.77. The second-order valence-electron chi connectivity index (χ2n) is 7.84. The Morgan fingerprint density at radius 1 is 1.31 bits per heavy atom. The largest absolute Gasteiger partial charge is 0.466 e.